The molecule has 5 heteroatoms. The molecule has 0 aromatic heterocycles. The Balaban J connectivity index is 2.25. The van der Waals surface area contributed by atoms with Crippen molar-refractivity contribution in [2.45, 2.75) is 6.92 Å². The molecule has 2 nitrogen and oxygen atoms in total. The minimum Gasteiger partial charge on any atom is -0.322 e. The van der Waals surface area contributed by atoms with E-state index in [0.29, 0.717) is 10.7 Å². The molecule has 0 aliphatic carbocycles. The van der Waals surface area contributed by atoms with Gasteiger partial charge in [-0.2, -0.15) is 0 Å². The van der Waals surface area contributed by atoms with E-state index < -0.39 is 11.7 Å². The Bertz CT molecular complexity index is 645. The highest BCUT2D eigenvalue weighted by Gasteiger charge is 2.12. The number of halogens is 3. The van der Waals surface area contributed by atoms with Crippen molar-refractivity contribution in [3.8, 4) is 0 Å². The fraction of sp³-hybridized carbons (Fsp3) is 0.0714. The van der Waals surface area contributed by atoms with Crippen LogP contribution >= 0.6 is 27.5 Å². The van der Waals surface area contributed by atoms with E-state index in [-0.39, 0.29) is 5.56 Å². The smallest absolute Gasteiger partial charge is 0.258 e. The second-order valence-corrected chi connectivity index (χ2v) is 5.33. The normalized spacial score (nSPS) is 10.3. The number of rotatable bonds is 2. The fourth-order valence-electron chi connectivity index (χ4n) is 1.59. The first-order chi connectivity index (χ1) is 8.97. The Morgan fingerprint density at radius 1 is 1.26 bits per heavy atom. The van der Waals surface area contributed by atoms with Gasteiger partial charge < -0.3 is 5.32 Å². The van der Waals surface area contributed by atoms with Gasteiger partial charge in [-0.1, -0.05) is 27.5 Å². The second-order valence-electron chi connectivity index (χ2n) is 4.04. The maximum absolute atomic E-state index is 13.5. The van der Waals surface area contributed by atoms with Crippen molar-refractivity contribution in [1.82, 2.24) is 0 Å². The van der Waals surface area contributed by atoms with Gasteiger partial charge in [0.2, 0.25) is 0 Å². The van der Waals surface area contributed by atoms with Gasteiger partial charge in [0.25, 0.3) is 5.91 Å². The highest BCUT2D eigenvalue weighted by Crippen LogP contribution is 2.21. The van der Waals surface area contributed by atoms with Crippen LogP contribution in [0.25, 0.3) is 0 Å². The Kier molecular flexibility index (Phi) is 4.22. The van der Waals surface area contributed by atoms with Gasteiger partial charge in [0.05, 0.1) is 5.56 Å². The van der Waals surface area contributed by atoms with E-state index in [1.54, 1.807) is 12.1 Å². The summed E-state index contributed by atoms with van der Waals surface area (Å²) in [6, 6.07) is 9.22. The Morgan fingerprint density at radius 2 is 2.00 bits per heavy atom. The second kappa shape index (κ2) is 5.72. The highest BCUT2D eigenvalue weighted by atomic mass is 79.9. The quantitative estimate of drug-likeness (QED) is 0.834. The fourth-order valence-corrected chi connectivity index (χ4v) is 2.01. The number of aryl methyl sites for hydroxylation is 1. The molecular weight excluding hydrogens is 333 g/mol. The van der Waals surface area contributed by atoms with Crippen LogP contribution in [0.15, 0.2) is 40.9 Å². The molecule has 0 aliphatic heterocycles. The molecule has 98 valence electrons. The molecule has 2 aromatic rings. The first-order valence-corrected chi connectivity index (χ1v) is 6.67. The summed E-state index contributed by atoms with van der Waals surface area (Å²) in [5.41, 5.74) is 1.50. The molecule has 1 amide bonds. The van der Waals surface area contributed by atoms with Crippen LogP contribution in [0.5, 0.6) is 0 Å². The third-order valence-electron chi connectivity index (χ3n) is 2.59. The monoisotopic (exact) mass is 341 g/mol. The number of hydrogen-bond donors (Lipinski definition) is 1. The Labute approximate surface area is 123 Å². The van der Waals surface area contributed by atoms with Gasteiger partial charge in [-0.3, -0.25) is 4.79 Å². The van der Waals surface area contributed by atoms with Crippen LogP contribution in [-0.4, -0.2) is 5.91 Å². The minimum atomic E-state index is -0.601. The van der Waals surface area contributed by atoms with Gasteiger partial charge in [0.15, 0.2) is 0 Å². The van der Waals surface area contributed by atoms with Gasteiger partial charge in [-0.25, -0.2) is 4.39 Å². The van der Waals surface area contributed by atoms with Crippen LogP contribution in [0.2, 0.25) is 5.02 Å². The van der Waals surface area contributed by atoms with Crippen LogP contribution < -0.4 is 5.32 Å². The molecule has 0 atom stereocenters. The summed E-state index contributed by atoms with van der Waals surface area (Å²) in [5, 5.41) is 2.95. The number of nitrogens with one attached hydrogen (secondary N) is 1. The van der Waals surface area contributed by atoms with Gasteiger partial charge in [0, 0.05) is 15.2 Å². The van der Waals surface area contributed by atoms with Crippen molar-refractivity contribution in [3.05, 3.63) is 62.8 Å². The zero-order valence-corrected chi connectivity index (χ0v) is 12.3. The van der Waals surface area contributed by atoms with E-state index in [1.807, 2.05) is 13.0 Å². The standard InChI is InChI=1S/C14H10BrClFNO/c1-8-6-10(3-4-12(8)15)18-14(19)11-7-9(16)2-5-13(11)17/h2-7H,1H3,(H,18,19). The largest absolute Gasteiger partial charge is 0.322 e. The Morgan fingerprint density at radius 3 is 2.68 bits per heavy atom. The van der Waals surface area contributed by atoms with Gasteiger partial charge in [0.1, 0.15) is 5.82 Å². The summed E-state index contributed by atoms with van der Waals surface area (Å²) in [4.78, 5) is 12.0. The van der Waals surface area contributed by atoms with Crippen LogP contribution in [0.1, 0.15) is 15.9 Å². The molecule has 1 N–H and O–H groups in total. The number of amides is 1. The van der Waals surface area contributed by atoms with Gasteiger partial charge in [-0.05, 0) is 48.9 Å². The summed E-state index contributed by atoms with van der Waals surface area (Å²) in [5.74, 6) is -1.13. The van der Waals surface area contributed by atoms with Crippen LogP contribution in [0.3, 0.4) is 0 Å². The van der Waals surface area contributed by atoms with Gasteiger partial charge in [-0.15, -0.1) is 0 Å². The van der Waals surface area contributed by atoms with Gasteiger partial charge >= 0.3 is 0 Å². The summed E-state index contributed by atoms with van der Waals surface area (Å²) in [7, 11) is 0. The lowest BCUT2D eigenvalue weighted by Gasteiger charge is -2.08. The van der Waals surface area contributed by atoms with E-state index in [2.05, 4.69) is 21.2 Å². The molecule has 0 fully saturated rings. The number of anilines is 1. The molecule has 0 radical (unpaired) electrons. The number of carbonyl (C=O) groups is 1. The average molecular weight is 343 g/mol. The predicted octanol–water partition coefficient (Wildman–Crippen LogP) is 4.80. The van der Waals surface area contributed by atoms with Crippen molar-refractivity contribution >= 4 is 39.1 Å². The number of benzene rings is 2. The van der Waals surface area contributed by atoms with Crippen LogP contribution in [0, 0.1) is 12.7 Å². The topological polar surface area (TPSA) is 29.1 Å². The maximum Gasteiger partial charge on any atom is 0.258 e. The van der Waals surface area contributed by atoms with Crippen LogP contribution in [0.4, 0.5) is 10.1 Å². The van der Waals surface area contributed by atoms with E-state index in [9.17, 15) is 9.18 Å². The molecule has 0 heterocycles. The van der Waals surface area contributed by atoms with Crippen molar-refractivity contribution in [2.24, 2.45) is 0 Å². The molecule has 0 aliphatic rings. The van der Waals surface area contributed by atoms with E-state index >= 15 is 0 Å². The highest BCUT2D eigenvalue weighted by molar-refractivity contribution is 9.10. The van der Waals surface area contributed by atoms with E-state index in [0.717, 1.165) is 10.0 Å². The first kappa shape index (κ1) is 14.0. The first-order valence-electron chi connectivity index (χ1n) is 5.50. The zero-order valence-electron chi connectivity index (χ0n) is 10.0. The molecule has 0 saturated carbocycles. The molecular formula is C14H10BrClFNO. The maximum atomic E-state index is 13.5. The van der Waals surface area contributed by atoms with Crippen LogP contribution in [-0.2, 0) is 0 Å². The number of carbonyl (C=O) groups excluding carboxylic acids is 1. The molecule has 0 spiro atoms. The SMILES string of the molecule is Cc1cc(NC(=O)c2cc(Cl)ccc2F)ccc1Br. The lowest BCUT2D eigenvalue weighted by molar-refractivity contribution is 0.102. The predicted molar refractivity (Wildman–Crippen MR) is 78.2 cm³/mol. The molecule has 0 saturated heterocycles. The lowest BCUT2D eigenvalue weighted by Crippen LogP contribution is -2.13. The minimum absolute atomic E-state index is 0.0759. The third-order valence-corrected chi connectivity index (χ3v) is 3.71. The molecule has 19 heavy (non-hydrogen) atoms. The molecule has 2 rings (SSSR count). The van der Waals surface area contributed by atoms with Crippen molar-refractivity contribution in [2.75, 3.05) is 5.32 Å². The summed E-state index contributed by atoms with van der Waals surface area (Å²) < 4.78 is 14.5. The molecule has 0 unspecified atom stereocenters. The summed E-state index contributed by atoms with van der Waals surface area (Å²) >= 11 is 9.13. The van der Waals surface area contributed by atoms with E-state index in [4.69, 9.17) is 11.6 Å². The lowest BCUT2D eigenvalue weighted by atomic mass is 10.1. The van der Waals surface area contributed by atoms with Crippen molar-refractivity contribution in [3.63, 3.8) is 0 Å². The summed E-state index contributed by atoms with van der Waals surface area (Å²) in [6.07, 6.45) is 0. The molecule has 0 bridgehead atoms. The van der Waals surface area contributed by atoms with Crippen molar-refractivity contribution in [1.29, 1.82) is 0 Å². The zero-order chi connectivity index (χ0) is 14.0. The number of hydrogen-bond acceptors (Lipinski definition) is 1. The third kappa shape index (κ3) is 3.33. The Hall–Kier alpha value is -1.39. The van der Waals surface area contributed by atoms with Crippen molar-refractivity contribution < 1.29 is 9.18 Å². The molecule has 2 aromatic carbocycles. The summed E-state index contributed by atoms with van der Waals surface area (Å²) in [6.45, 7) is 1.90. The average Bonchev–Trinajstić information content (AvgIpc) is 2.36. The van der Waals surface area contributed by atoms with E-state index in [1.165, 1.54) is 18.2 Å².